The van der Waals surface area contributed by atoms with Gasteiger partial charge in [-0.3, -0.25) is 9.59 Å². The van der Waals surface area contributed by atoms with E-state index in [1.165, 1.54) is 0 Å². The molecule has 3 aromatic rings. The molecule has 0 bridgehead atoms. The van der Waals surface area contributed by atoms with Crippen LogP contribution in [0.3, 0.4) is 0 Å². The maximum Gasteiger partial charge on any atom is 0.260 e. The lowest BCUT2D eigenvalue weighted by molar-refractivity contribution is -0.134. The minimum atomic E-state index is -0.258. The predicted octanol–water partition coefficient (Wildman–Crippen LogP) is 4.16. The third kappa shape index (κ3) is 5.11. The maximum absolute atomic E-state index is 12.6. The Labute approximate surface area is 175 Å². The first-order valence-electron chi connectivity index (χ1n) is 8.81. The molecule has 0 unspecified atom stereocenters. The summed E-state index contributed by atoms with van der Waals surface area (Å²) in [7, 11) is 0. The summed E-state index contributed by atoms with van der Waals surface area (Å²) in [6, 6.07) is 12.2. The summed E-state index contributed by atoms with van der Waals surface area (Å²) >= 11 is 9.36. The molecular formula is C20H19BrClN3O3. The average molecular weight is 465 g/mol. The number of halogens is 2. The molecular weight excluding hydrogens is 446 g/mol. The van der Waals surface area contributed by atoms with Gasteiger partial charge in [0.1, 0.15) is 11.6 Å². The SMILES string of the molecule is CCCN(Cc1nc2cc(Cl)ccc2c(=O)[nH]1)C(=O)COc1ccc(Br)cc1. The molecule has 0 saturated heterocycles. The smallest absolute Gasteiger partial charge is 0.260 e. The summed E-state index contributed by atoms with van der Waals surface area (Å²) in [5, 5.41) is 0.959. The van der Waals surface area contributed by atoms with Gasteiger partial charge >= 0.3 is 0 Å². The Bertz CT molecular complexity index is 1040. The Balaban J connectivity index is 1.74. The highest BCUT2D eigenvalue weighted by atomic mass is 79.9. The van der Waals surface area contributed by atoms with E-state index in [4.69, 9.17) is 16.3 Å². The van der Waals surface area contributed by atoms with Gasteiger partial charge in [0.05, 0.1) is 17.4 Å². The fraction of sp³-hybridized carbons (Fsp3) is 0.250. The van der Waals surface area contributed by atoms with E-state index in [1.807, 2.05) is 19.1 Å². The van der Waals surface area contributed by atoms with Gasteiger partial charge in [0, 0.05) is 16.0 Å². The standard InChI is InChI=1S/C20H19BrClN3O3/c1-2-9-25(19(26)12-28-15-6-3-13(21)4-7-15)11-18-23-17-10-14(22)5-8-16(17)20(27)24-18/h3-8,10H,2,9,11-12H2,1H3,(H,23,24,27). The molecule has 0 radical (unpaired) electrons. The summed E-state index contributed by atoms with van der Waals surface area (Å²) < 4.78 is 6.51. The van der Waals surface area contributed by atoms with Gasteiger partial charge in [-0.1, -0.05) is 34.5 Å². The molecule has 1 heterocycles. The number of rotatable bonds is 7. The van der Waals surface area contributed by atoms with Gasteiger partial charge in [-0.2, -0.15) is 0 Å². The van der Waals surface area contributed by atoms with Crippen LogP contribution < -0.4 is 10.3 Å². The minimum Gasteiger partial charge on any atom is -0.484 e. The van der Waals surface area contributed by atoms with Crippen LogP contribution in [-0.4, -0.2) is 33.9 Å². The van der Waals surface area contributed by atoms with Crippen LogP contribution in [0.25, 0.3) is 10.9 Å². The van der Waals surface area contributed by atoms with Crippen molar-refractivity contribution in [1.82, 2.24) is 14.9 Å². The van der Waals surface area contributed by atoms with Crippen molar-refractivity contribution in [2.75, 3.05) is 13.2 Å². The second kappa shape index (κ2) is 9.21. The quantitative estimate of drug-likeness (QED) is 0.570. The van der Waals surface area contributed by atoms with Gasteiger partial charge < -0.3 is 14.6 Å². The lowest BCUT2D eigenvalue weighted by atomic mass is 10.2. The number of aromatic amines is 1. The van der Waals surface area contributed by atoms with Gasteiger partial charge in [-0.15, -0.1) is 0 Å². The summed E-state index contributed by atoms with van der Waals surface area (Å²) in [6.45, 7) is 2.60. The first kappa shape index (κ1) is 20.4. The average Bonchev–Trinajstić information content (AvgIpc) is 2.66. The van der Waals surface area contributed by atoms with E-state index in [2.05, 4.69) is 25.9 Å². The van der Waals surface area contributed by atoms with Crippen molar-refractivity contribution >= 4 is 44.3 Å². The highest BCUT2D eigenvalue weighted by Gasteiger charge is 2.16. The van der Waals surface area contributed by atoms with E-state index < -0.39 is 0 Å². The van der Waals surface area contributed by atoms with Crippen molar-refractivity contribution in [1.29, 1.82) is 0 Å². The fourth-order valence-corrected chi connectivity index (χ4v) is 3.18. The normalized spacial score (nSPS) is 10.8. The molecule has 0 aliphatic heterocycles. The molecule has 0 atom stereocenters. The largest absolute Gasteiger partial charge is 0.484 e. The summed E-state index contributed by atoms with van der Waals surface area (Å²) in [5.41, 5.74) is 0.243. The maximum atomic E-state index is 12.6. The van der Waals surface area contributed by atoms with Crippen molar-refractivity contribution in [2.45, 2.75) is 19.9 Å². The van der Waals surface area contributed by atoms with Gasteiger partial charge in [0.2, 0.25) is 0 Å². The monoisotopic (exact) mass is 463 g/mol. The topological polar surface area (TPSA) is 75.3 Å². The number of hydrogen-bond acceptors (Lipinski definition) is 4. The van der Waals surface area contributed by atoms with Crippen LogP contribution in [0.15, 0.2) is 51.7 Å². The number of carbonyl (C=O) groups excluding carboxylic acids is 1. The third-order valence-electron chi connectivity index (χ3n) is 4.08. The van der Waals surface area contributed by atoms with Crippen molar-refractivity contribution in [3.8, 4) is 5.75 Å². The first-order valence-corrected chi connectivity index (χ1v) is 9.98. The zero-order valence-corrected chi connectivity index (χ0v) is 17.6. The Kier molecular flexibility index (Phi) is 6.70. The third-order valence-corrected chi connectivity index (χ3v) is 4.84. The number of ether oxygens (including phenoxy) is 1. The van der Waals surface area contributed by atoms with Crippen molar-refractivity contribution in [3.05, 3.63) is 68.1 Å². The number of carbonyl (C=O) groups is 1. The minimum absolute atomic E-state index is 0.0920. The molecule has 0 saturated carbocycles. The van der Waals surface area contributed by atoms with Crippen LogP contribution in [0.1, 0.15) is 19.2 Å². The van der Waals surface area contributed by atoms with E-state index in [-0.39, 0.29) is 24.6 Å². The van der Waals surface area contributed by atoms with Gasteiger partial charge in [-0.25, -0.2) is 4.98 Å². The predicted molar refractivity (Wildman–Crippen MR) is 113 cm³/mol. The zero-order valence-electron chi connectivity index (χ0n) is 15.2. The zero-order chi connectivity index (χ0) is 20.1. The molecule has 28 heavy (non-hydrogen) atoms. The number of H-pyrrole nitrogens is 1. The molecule has 0 aliphatic rings. The van der Waals surface area contributed by atoms with Gasteiger partial charge in [0.25, 0.3) is 11.5 Å². The molecule has 3 rings (SSSR count). The van der Waals surface area contributed by atoms with Crippen molar-refractivity contribution < 1.29 is 9.53 Å². The molecule has 0 fully saturated rings. The number of fused-ring (bicyclic) bond motifs is 1. The van der Waals surface area contributed by atoms with Crippen LogP contribution >= 0.6 is 27.5 Å². The molecule has 0 spiro atoms. The van der Waals surface area contributed by atoms with Gasteiger partial charge in [0.15, 0.2) is 6.61 Å². The second-order valence-electron chi connectivity index (χ2n) is 6.23. The number of hydrogen-bond donors (Lipinski definition) is 1. The molecule has 1 amide bonds. The molecule has 1 aromatic heterocycles. The van der Waals surface area contributed by atoms with E-state index in [1.54, 1.807) is 35.2 Å². The van der Waals surface area contributed by atoms with Crippen molar-refractivity contribution in [2.24, 2.45) is 0 Å². The Morgan fingerprint density at radius 3 is 2.71 bits per heavy atom. The highest BCUT2D eigenvalue weighted by molar-refractivity contribution is 9.10. The lowest BCUT2D eigenvalue weighted by Gasteiger charge is -2.21. The van der Waals surface area contributed by atoms with E-state index >= 15 is 0 Å². The molecule has 6 nitrogen and oxygen atoms in total. The lowest BCUT2D eigenvalue weighted by Crippen LogP contribution is -2.36. The van der Waals surface area contributed by atoms with Crippen LogP contribution in [0, 0.1) is 0 Å². The van der Waals surface area contributed by atoms with E-state index in [9.17, 15) is 9.59 Å². The van der Waals surface area contributed by atoms with Crippen LogP contribution in [-0.2, 0) is 11.3 Å². The number of amides is 1. The van der Waals surface area contributed by atoms with Crippen LogP contribution in [0.5, 0.6) is 5.75 Å². The second-order valence-corrected chi connectivity index (χ2v) is 7.58. The molecule has 2 aromatic carbocycles. The number of nitrogens with zero attached hydrogens (tertiary/aromatic N) is 2. The number of nitrogens with one attached hydrogen (secondary N) is 1. The van der Waals surface area contributed by atoms with Crippen LogP contribution in [0.4, 0.5) is 0 Å². The van der Waals surface area contributed by atoms with Gasteiger partial charge in [-0.05, 0) is 48.9 Å². The Morgan fingerprint density at radius 1 is 1.25 bits per heavy atom. The fourth-order valence-electron chi connectivity index (χ4n) is 2.75. The van der Waals surface area contributed by atoms with Crippen LogP contribution in [0.2, 0.25) is 5.02 Å². The van der Waals surface area contributed by atoms with E-state index in [0.29, 0.717) is 34.0 Å². The Hall–Kier alpha value is -2.38. The molecule has 0 aliphatic carbocycles. The molecule has 8 heteroatoms. The molecule has 1 N–H and O–H groups in total. The van der Waals surface area contributed by atoms with E-state index in [0.717, 1.165) is 10.9 Å². The summed E-state index contributed by atoms with van der Waals surface area (Å²) in [6.07, 6.45) is 0.771. The summed E-state index contributed by atoms with van der Waals surface area (Å²) in [4.78, 5) is 33.7. The highest BCUT2D eigenvalue weighted by Crippen LogP contribution is 2.17. The summed E-state index contributed by atoms with van der Waals surface area (Å²) in [5.74, 6) is 0.837. The number of benzene rings is 2. The first-order chi connectivity index (χ1) is 13.5. The molecule has 146 valence electrons. The Morgan fingerprint density at radius 2 is 2.00 bits per heavy atom. The van der Waals surface area contributed by atoms with Crippen molar-refractivity contribution in [3.63, 3.8) is 0 Å². The number of aromatic nitrogens is 2.